The van der Waals surface area contributed by atoms with Gasteiger partial charge in [0.15, 0.2) is 0 Å². The van der Waals surface area contributed by atoms with E-state index in [4.69, 9.17) is 43.1 Å². The summed E-state index contributed by atoms with van der Waals surface area (Å²) in [4.78, 5) is 3.60. The van der Waals surface area contributed by atoms with Crippen molar-refractivity contribution in [2.45, 2.75) is 38.1 Å². The molecule has 0 saturated carbocycles. The molecule has 1 aliphatic heterocycles. The minimum Gasteiger partial charge on any atom is -0.378 e. The van der Waals surface area contributed by atoms with Crippen molar-refractivity contribution in [2.24, 2.45) is 5.73 Å². The van der Waals surface area contributed by atoms with Gasteiger partial charge in [0.2, 0.25) is 0 Å². The molecule has 0 fully saturated rings. The molecule has 0 spiro atoms. The van der Waals surface area contributed by atoms with E-state index < -0.39 is 0 Å². The standard InChI is InChI=1S/C25H35Cl2N3O3S.C2H6/c1-2-30-17-23(22-15-20(26)16-25(27)24(22)18-30)19-4-3-5-21(14-19)34-29-7-9-32-11-13-33-12-10-31-8-6-28;1-2/h3-5,14-16,23,29H,2,6-13,17-18,28H2,1H3;1-2H3. The van der Waals surface area contributed by atoms with Crippen LogP contribution >= 0.6 is 35.1 Å². The van der Waals surface area contributed by atoms with E-state index in [-0.39, 0.29) is 5.92 Å². The predicted octanol–water partition coefficient (Wildman–Crippen LogP) is 5.59. The Bertz CT molecular complexity index is 891. The zero-order valence-corrected chi connectivity index (χ0v) is 24.1. The molecule has 9 heteroatoms. The van der Waals surface area contributed by atoms with Gasteiger partial charge in [-0.15, -0.1) is 0 Å². The minimum atomic E-state index is 0.240. The van der Waals surface area contributed by atoms with Crippen molar-refractivity contribution in [1.29, 1.82) is 0 Å². The van der Waals surface area contributed by atoms with Crippen molar-refractivity contribution in [3.63, 3.8) is 0 Å². The molecular formula is C27H41Cl2N3O3S. The second-order valence-electron chi connectivity index (χ2n) is 8.03. The quantitative estimate of drug-likeness (QED) is 0.218. The summed E-state index contributed by atoms with van der Waals surface area (Å²) in [6.45, 7) is 13.7. The maximum Gasteiger partial charge on any atom is 0.0701 e. The Morgan fingerprint density at radius 2 is 1.69 bits per heavy atom. The summed E-state index contributed by atoms with van der Waals surface area (Å²) >= 11 is 14.5. The molecule has 0 aliphatic carbocycles. The van der Waals surface area contributed by atoms with Crippen molar-refractivity contribution in [3.8, 4) is 0 Å². The smallest absolute Gasteiger partial charge is 0.0701 e. The normalized spacial score (nSPS) is 15.3. The number of fused-ring (bicyclic) bond motifs is 1. The van der Waals surface area contributed by atoms with E-state index in [0.717, 1.165) is 31.2 Å². The lowest BCUT2D eigenvalue weighted by molar-refractivity contribution is 0.0172. The maximum atomic E-state index is 6.56. The number of benzene rings is 2. The first kappa shape index (κ1) is 31.3. The average molecular weight is 559 g/mol. The summed E-state index contributed by atoms with van der Waals surface area (Å²) in [5, 5.41) is 1.44. The Labute approximate surface area is 231 Å². The third kappa shape index (κ3) is 10.5. The average Bonchev–Trinajstić information content (AvgIpc) is 2.90. The van der Waals surface area contributed by atoms with E-state index in [0.29, 0.717) is 51.2 Å². The van der Waals surface area contributed by atoms with Gasteiger partial charge in [0.1, 0.15) is 0 Å². The Morgan fingerprint density at radius 3 is 2.39 bits per heavy atom. The number of halogens is 2. The molecule has 0 saturated heterocycles. The van der Waals surface area contributed by atoms with Gasteiger partial charge in [-0.1, -0.05) is 56.1 Å². The molecular weight excluding hydrogens is 517 g/mol. The van der Waals surface area contributed by atoms with E-state index in [1.165, 1.54) is 21.6 Å². The van der Waals surface area contributed by atoms with Crippen LogP contribution < -0.4 is 10.5 Å². The van der Waals surface area contributed by atoms with Crippen LogP contribution in [0.5, 0.6) is 0 Å². The maximum absolute atomic E-state index is 6.56. The molecule has 1 heterocycles. The first-order valence-corrected chi connectivity index (χ1v) is 14.3. The Kier molecular flexibility index (Phi) is 16.0. The van der Waals surface area contributed by atoms with Gasteiger partial charge < -0.3 is 19.9 Å². The van der Waals surface area contributed by atoms with Gasteiger partial charge in [-0.25, -0.2) is 0 Å². The number of hydrogen-bond acceptors (Lipinski definition) is 7. The summed E-state index contributed by atoms with van der Waals surface area (Å²) in [6, 6.07) is 12.6. The van der Waals surface area contributed by atoms with E-state index in [1.54, 1.807) is 11.9 Å². The molecule has 1 aliphatic rings. The summed E-state index contributed by atoms with van der Waals surface area (Å²) < 4.78 is 19.7. The van der Waals surface area contributed by atoms with E-state index in [9.17, 15) is 0 Å². The van der Waals surface area contributed by atoms with Gasteiger partial charge in [0.05, 0.1) is 39.6 Å². The molecule has 0 aromatic heterocycles. The third-order valence-corrected chi connectivity index (χ3v) is 7.04. The lowest BCUT2D eigenvalue weighted by Gasteiger charge is -2.35. The largest absolute Gasteiger partial charge is 0.378 e. The van der Waals surface area contributed by atoms with E-state index in [2.05, 4.69) is 46.9 Å². The Hall–Kier alpha value is -0.870. The molecule has 0 amide bonds. The van der Waals surface area contributed by atoms with Gasteiger partial charge in [0.25, 0.3) is 0 Å². The monoisotopic (exact) mass is 557 g/mol. The molecule has 0 bridgehead atoms. The van der Waals surface area contributed by atoms with Crippen LogP contribution in [0.25, 0.3) is 0 Å². The van der Waals surface area contributed by atoms with Crippen molar-refractivity contribution in [2.75, 3.05) is 65.8 Å². The topological polar surface area (TPSA) is 69.0 Å². The van der Waals surface area contributed by atoms with Crippen LogP contribution in [0, 0.1) is 0 Å². The summed E-state index contributed by atoms with van der Waals surface area (Å²) in [7, 11) is 0. The number of nitrogens with two attached hydrogens (primary N) is 1. The lowest BCUT2D eigenvalue weighted by atomic mass is 9.84. The number of nitrogens with one attached hydrogen (secondary N) is 1. The van der Waals surface area contributed by atoms with Crippen molar-refractivity contribution >= 4 is 35.1 Å². The van der Waals surface area contributed by atoms with Gasteiger partial charge in [0, 0.05) is 47.0 Å². The Balaban J connectivity index is 0.00000222. The molecule has 202 valence electrons. The molecule has 36 heavy (non-hydrogen) atoms. The second kappa shape index (κ2) is 18.4. The van der Waals surface area contributed by atoms with Crippen molar-refractivity contribution < 1.29 is 14.2 Å². The summed E-state index contributed by atoms with van der Waals surface area (Å²) in [5.74, 6) is 0.240. The first-order chi connectivity index (χ1) is 17.6. The molecule has 2 aromatic rings. The van der Waals surface area contributed by atoms with Crippen LogP contribution in [-0.4, -0.2) is 70.7 Å². The second-order valence-corrected chi connectivity index (χ2v) is 9.84. The molecule has 6 nitrogen and oxygen atoms in total. The highest BCUT2D eigenvalue weighted by Crippen LogP contribution is 2.39. The minimum absolute atomic E-state index is 0.240. The van der Waals surface area contributed by atoms with Crippen LogP contribution in [0.4, 0.5) is 0 Å². The highest BCUT2D eigenvalue weighted by atomic mass is 35.5. The van der Waals surface area contributed by atoms with Crippen molar-refractivity contribution in [1.82, 2.24) is 9.62 Å². The number of likely N-dealkylation sites (N-methyl/N-ethyl adjacent to an activating group) is 1. The molecule has 3 N–H and O–H groups in total. The van der Waals surface area contributed by atoms with Crippen LogP contribution in [0.1, 0.15) is 43.4 Å². The summed E-state index contributed by atoms with van der Waals surface area (Å²) in [5.41, 5.74) is 9.05. The van der Waals surface area contributed by atoms with Crippen LogP contribution in [0.15, 0.2) is 41.3 Å². The fourth-order valence-corrected chi connectivity index (χ4v) is 5.20. The SMILES string of the molecule is CC.CCN1Cc2c(Cl)cc(Cl)cc2C(c2cccc(SNCCOCCOCCOCCN)c2)C1. The molecule has 2 aromatic carbocycles. The predicted molar refractivity (Wildman–Crippen MR) is 152 cm³/mol. The van der Waals surface area contributed by atoms with Crippen LogP contribution in [-0.2, 0) is 20.8 Å². The lowest BCUT2D eigenvalue weighted by Crippen LogP contribution is -2.34. The number of hydrogen-bond donors (Lipinski definition) is 2. The summed E-state index contributed by atoms with van der Waals surface area (Å²) in [6.07, 6.45) is 0. The van der Waals surface area contributed by atoms with E-state index in [1.807, 2.05) is 19.9 Å². The third-order valence-electron chi connectivity index (χ3n) is 5.65. The molecule has 3 rings (SSSR count). The van der Waals surface area contributed by atoms with E-state index >= 15 is 0 Å². The van der Waals surface area contributed by atoms with Crippen molar-refractivity contribution in [3.05, 3.63) is 63.1 Å². The highest BCUT2D eigenvalue weighted by molar-refractivity contribution is 7.97. The zero-order valence-electron chi connectivity index (χ0n) is 21.7. The molecule has 0 radical (unpaired) electrons. The van der Waals surface area contributed by atoms with Gasteiger partial charge in [-0.3, -0.25) is 9.62 Å². The van der Waals surface area contributed by atoms with Gasteiger partial charge in [-0.05, 0) is 59.4 Å². The zero-order chi connectivity index (χ0) is 26.2. The fourth-order valence-electron chi connectivity index (χ4n) is 3.94. The van der Waals surface area contributed by atoms with Gasteiger partial charge in [-0.2, -0.15) is 0 Å². The van der Waals surface area contributed by atoms with Crippen LogP contribution in [0.3, 0.4) is 0 Å². The number of nitrogens with zero attached hydrogens (tertiary/aromatic N) is 1. The highest BCUT2D eigenvalue weighted by Gasteiger charge is 2.28. The molecule has 1 atom stereocenters. The number of ether oxygens (including phenoxy) is 3. The number of rotatable bonds is 15. The first-order valence-electron chi connectivity index (χ1n) is 12.8. The fraction of sp³-hybridized carbons (Fsp3) is 0.556. The molecule has 1 unspecified atom stereocenters. The Morgan fingerprint density at radius 1 is 1.00 bits per heavy atom. The van der Waals surface area contributed by atoms with Crippen LogP contribution in [0.2, 0.25) is 10.0 Å². The van der Waals surface area contributed by atoms with Gasteiger partial charge >= 0.3 is 0 Å².